The molecule has 0 bridgehead atoms. The number of aryl methyl sites for hydroxylation is 1. The summed E-state index contributed by atoms with van der Waals surface area (Å²) in [5.41, 5.74) is 7.51. The molecule has 0 fully saturated rings. The monoisotopic (exact) mass is 374 g/mol. The summed E-state index contributed by atoms with van der Waals surface area (Å²) in [7, 11) is 0. The van der Waals surface area contributed by atoms with Crippen LogP contribution in [0.25, 0.3) is 28.2 Å². The second kappa shape index (κ2) is 6.93. The summed E-state index contributed by atoms with van der Waals surface area (Å²) in [5, 5.41) is 19.9. The summed E-state index contributed by atoms with van der Waals surface area (Å²) in [6.45, 7) is 0. The van der Waals surface area contributed by atoms with E-state index in [1.807, 2.05) is 6.07 Å². The van der Waals surface area contributed by atoms with E-state index in [2.05, 4.69) is 64.2 Å². The molecule has 29 heavy (non-hydrogen) atoms. The van der Waals surface area contributed by atoms with E-state index in [4.69, 9.17) is 0 Å². The van der Waals surface area contributed by atoms with E-state index in [1.54, 1.807) is 12.3 Å². The van der Waals surface area contributed by atoms with E-state index in [-0.39, 0.29) is 5.69 Å². The van der Waals surface area contributed by atoms with Crippen LogP contribution in [0, 0.1) is 22.7 Å². The molecule has 2 aliphatic carbocycles. The van der Waals surface area contributed by atoms with Crippen molar-refractivity contribution in [2.45, 2.75) is 25.7 Å². The summed E-state index contributed by atoms with van der Waals surface area (Å²) >= 11 is 0. The number of para-hydroxylation sites is 1. The van der Waals surface area contributed by atoms with E-state index < -0.39 is 0 Å². The van der Waals surface area contributed by atoms with Gasteiger partial charge in [0.15, 0.2) is 5.69 Å². The van der Waals surface area contributed by atoms with Gasteiger partial charge in [0.25, 0.3) is 0 Å². The molecule has 138 valence electrons. The van der Waals surface area contributed by atoms with Crippen molar-refractivity contribution in [2.24, 2.45) is 0 Å². The van der Waals surface area contributed by atoms with Gasteiger partial charge in [-0.3, -0.25) is 0 Å². The summed E-state index contributed by atoms with van der Waals surface area (Å²) in [5.74, 6) is 0. The van der Waals surface area contributed by atoms with Crippen LogP contribution >= 0.6 is 0 Å². The third-order valence-corrected chi connectivity index (χ3v) is 5.70. The van der Waals surface area contributed by atoms with Crippen molar-refractivity contribution >= 4 is 28.2 Å². The lowest BCUT2D eigenvalue weighted by Gasteiger charge is -2.21. The number of fused-ring (bicyclic) bond motifs is 3. The van der Waals surface area contributed by atoms with Gasteiger partial charge < -0.3 is 4.57 Å². The number of hydrogen-bond donors (Lipinski definition) is 0. The minimum atomic E-state index is 0.171. The molecule has 5 rings (SSSR count). The summed E-state index contributed by atoms with van der Waals surface area (Å²) in [6.07, 6.45) is 14.5. The average molecular weight is 374 g/mol. The second-order valence-electron chi connectivity index (χ2n) is 7.30. The molecule has 3 aromatic rings. The Morgan fingerprint density at radius 3 is 2.66 bits per heavy atom. The van der Waals surface area contributed by atoms with Crippen molar-refractivity contribution in [2.75, 3.05) is 0 Å². The highest BCUT2D eigenvalue weighted by Crippen LogP contribution is 2.39. The van der Waals surface area contributed by atoms with Crippen molar-refractivity contribution < 1.29 is 0 Å². The number of nitrogens with zero attached hydrogens (tertiary/aromatic N) is 4. The third-order valence-electron chi connectivity index (χ3n) is 5.70. The lowest BCUT2D eigenvalue weighted by atomic mass is 9.95. The van der Waals surface area contributed by atoms with Crippen LogP contribution in [0.2, 0.25) is 0 Å². The summed E-state index contributed by atoms with van der Waals surface area (Å²) in [6, 6.07) is 14.5. The van der Waals surface area contributed by atoms with Gasteiger partial charge >= 0.3 is 0 Å². The van der Waals surface area contributed by atoms with Crippen LogP contribution in [0.5, 0.6) is 0 Å². The molecule has 4 nitrogen and oxygen atoms in total. The third kappa shape index (κ3) is 2.70. The second-order valence-corrected chi connectivity index (χ2v) is 7.30. The molecule has 2 heterocycles. The minimum Gasteiger partial charge on any atom is -0.313 e. The first-order chi connectivity index (χ1) is 14.3. The number of allylic oxidation sites excluding steroid dienone is 5. The van der Waals surface area contributed by atoms with Crippen LogP contribution in [-0.4, -0.2) is 9.55 Å². The predicted octanol–water partition coefficient (Wildman–Crippen LogP) is 5.46. The number of nitriles is 2. The molecule has 0 atom stereocenters. The van der Waals surface area contributed by atoms with Crippen molar-refractivity contribution in [1.82, 2.24) is 9.55 Å². The number of rotatable bonds is 2. The molecule has 0 unspecified atom stereocenters. The Hall–Kier alpha value is -3.89. The first kappa shape index (κ1) is 17.2. The Morgan fingerprint density at radius 1 is 0.966 bits per heavy atom. The predicted molar refractivity (Wildman–Crippen MR) is 114 cm³/mol. The van der Waals surface area contributed by atoms with Gasteiger partial charge in [-0.15, -0.1) is 0 Å². The standard InChI is InChI=1S/C25H18N4/c26-14-17-13-18(16-28-22(17)15-27)19-7-1-4-10-23(19)29-24-11-5-2-8-20(24)21-9-3-6-12-25(21)29/h1-2,5-8,11-13,16H,3-4,9-10H2. The van der Waals surface area contributed by atoms with Gasteiger partial charge in [0.1, 0.15) is 12.1 Å². The van der Waals surface area contributed by atoms with E-state index in [9.17, 15) is 10.5 Å². The molecule has 0 spiro atoms. The maximum absolute atomic E-state index is 9.43. The number of pyridine rings is 1. The van der Waals surface area contributed by atoms with Crippen LogP contribution in [0.1, 0.15) is 47.3 Å². The van der Waals surface area contributed by atoms with Gasteiger partial charge in [-0.25, -0.2) is 4.98 Å². The lowest BCUT2D eigenvalue weighted by Crippen LogP contribution is -2.07. The maximum Gasteiger partial charge on any atom is 0.158 e. The van der Waals surface area contributed by atoms with Crippen molar-refractivity contribution in [3.8, 4) is 12.1 Å². The van der Waals surface area contributed by atoms with Crippen LogP contribution < -0.4 is 0 Å². The zero-order valence-corrected chi connectivity index (χ0v) is 15.9. The summed E-state index contributed by atoms with van der Waals surface area (Å²) in [4.78, 5) is 4.23. The fraction of sp³-hybridized carbons (Fsp3) is 0.160. The van der Waals surface area contributed by atoms with E-state index >= 15 is 0 Å². The van der Waals surface area contributed by atoms with Gasteiger partial charge in [-0.2, -0.15) is 10.5 Å². The Bertz CT molecular complexity index is 1320. The van der Waals surface area contributed by atoms with E-state index in [0.29, 0.717) is 5.56 Å². The van der Waals surface area contributed by atoms with E-state index in [1.165, 1.54) is 27.9 Å². The zero-order chi connectivity index (χ0) is 19.8. The van der Waals surface area contributed by atoms with Crippen LogP contribution in [0.4, 0.5) is 0 Å². The van der Waals surface area contributed by atoms with Gasteiger partial charge in [0.2, 0.25) is 0 Å². The first-order valence-corrected chi connectivity index (χ1v) is 9.81. The molecule has 2 aliphatic rings. The molecule has 0 saturated carbocycles. The molecule has 0 amide bonds. The summed E-state index contributed by atoms with van der Waals surface area (Å²) < 4.78 is 2.38. The van der Waals surface area contributed by atoms with Crippen molar-refractivity contribution in [3.63, 3.8) is 0 Å². The topological polar surface area (TPSA) is 65.4 Å². The minimum absolute atomic E-state index is 0.171. The molecule has 0 saturated heterocycles. The molecule has 0 N–H and O–H groups in total. The Balaban J connectivity index is 1.81. The Labute approximate surface area is 169 Å². The van der Waals surface area contributed by atoms with Gasteiger partial charge in [-0.05, 0) is 49.5 Å². The van der Waals surface area contributed by atoms with Gasteiger partial charge in [0.05, 0.1) is 11.1 Å². The highest BCUT2D eigenvalue weighted by atomic mass is 15.0. The normalized spacial score (nSPS) is 15.2. The quantitative estimate of drug-likeness (QED) is 0.598. The molecule has 1 aromatic carbocycles. The number of benzene rings is 1. The Morgan fingerprint density at radius 2 is 1.79 bits per heavy atom. The first-order valence-electron chi connectivity index (χ1n) is 9.81. The fourth-order valence-corrected chi connectivity index (χ4v) is 4.41. The van der Waals surface area contributed by atoms with E-state index in [0.717, 1.165) is 36.8 Å². The molecule has 2 aromatic heterocycles. The van der Waals surface area contributed by atoms with Gasteiger partial charge in [-0.1, -0.05) is 36.4 Å². The number of aromatic nitrogens is 2. The number of hydrogen-bond acceptors (Lipinski definition) is 3. The zero-order valence-electron chi connectivity index (χ0n) is 15.9. The molecule has 0 aliphatic heterocycles. The lowest BCUT2D eigenvalue weighted by molar-refractivity contribution is 0.931. The van der Waals surface area contributed by atoms with Crippen LogP contribution in [0.3, 0.4) is 0 Å². The van der Waals surface area contributed by atoms with Gasteiger partial charge in [0, 0.05) is 34.1 Å². The van der Waals surface area contributed by atoms with Crippen molar-refractivity contribution in [3.05, 3.63) is 82.8 Å². The Kier molecular flexibility index (Phi) is 4.12. The maximum atomic E-state index is 9.43. The van der Waals surface area contributed by atoms with Crippen LogP contribution in [0.15, 0.2) is 54.8 Å². The smallest absolute Gasteiger partial charge is 0.158 e. The largest absolute Gasteiger partial charge is 0.313 e. The van der Waals surface area contributed by atoms with Crippen molar-refractivity contribution in [1.29, 1.82) is 10.5 Å². The highest BCUT2D eigenvalue weighted by Gasteiger charge is 2.22. The molecule has 4 heteroatoms. The molecular formula is C25H18N4. The highest BCUT2D eigenvalue weighted by molar-refractivity contribution is 5.98. The van der Waals surface area contributed by atoms with Crippen LogP contribution in [-0.2, 0) is 6.42 Å². The molecule has 0 radical (unpaired) electrons. The SMILES string of the molecule is N#Cc1cc(C2=C(n3c4c(c5ccccc53)CCC=C4)CCC=C2)cnc1C#N. The molecular weight excluding hydrogens is 356 g/mol. The fourth-order valence-electron chi connectivity index (χ4n) is 4.41. The average Bonchev–Trinajstić information content (AvgIpc) is 3.13.